The topological polar surface area (TPSA) is 66.0 Å². The zero-order valence-electron chi connectivity index (χ0n) is 11.2. The Kier molecular flexibility index (Phi) is 3.33. The Bertz CT molecular complexity index is 542. The second-order valence-electron chi connectivity index (χ2n) is 4.96. The van der Waals surface area contributed by atoms with Crippen LogP contribution in [0.25, 0.3) is 0 Å². The lowest BCUT2D eigenvalue weighted by Gasteiger charge is -2.20. The van der Waals surface area contributed by atoms with Gasteiger partial charge in [0.25, 0.3) is 5.89 Å². The average Bonchev–Trinajstić information content (AvgIpc) is 3.08. The fraction of sp³-hybridized carbons (Fsp3) is 0.615. The summed E-state index contributed by atoms with van der Waals surface area (Å²) in [6, 6.07) is 2.05. The van der Waals surface area contributed by atoms with Crippen LogP contribution in [0.4, 0.5) is 0 Å². The van der Waals surface area contributed by atoms with Gasteiger partial charge >= 0.3 is 0 Å². The summed E-state index contributed by atoms with van der Waals surface area (Å²) in [4.78, 5) is 4.25. The van der Waals surface area contributed by atoms with E-state index in [1.807, 2.05) is 24.7 Å². The van der Waals surface area contributed by atoms with Crippen molar-refractivity contribution in [2.24, 2.45) is 0 Å². The normalized spacial score (nSPS) is 18.6. The van der Waals surface area contributed by atoms with E-state index < -0.39 is 0 Å². The van der Waals surface area contributed by atoms with Gasteiger partial charge in [-0.15, -0.1) is 0 Å². The Morgan fingerprint density at radius 1 is 1.37 bits per heavy atom. The molecule has 0 bridgehead atoms. The van der Waals surface area contributed by atoms with Crippen LogP contribution >= 0.6 is 0 Å². The SMILES string of the molecule is Cc1noc(C(C)n2ccc(C3CCOCC3)n2)n1. The molecule has 6 nitrogen and oxygen atoms in total. The minimum atomic E-state index is -0.0326. The molecule has 1 unspecified atom stereocenters. The Morgan fingerprint density at radius 2 is 2.16 bits per heavy atom. The van der Waals surface area contributed by atoms with E-state index in [-0.39, 0.29) is 6.04 Å². The zero-order chi connectivity index (χ0) is 13.2. The van der Waals surface area contributed by atoms with Crippen molar-refractivity contribution in [1.82, 2.24) is 19.9 Å². The van der Waals surface area contributed by atoms with Gasteiger partial charge in [0.1, 0.15) is 6.04 Å². The number of hydrogen-bond acceptors (Lipinski definition) is 5. The predicted octanol–water partition coefficient (Wildman–Crippen LogP) is 2.08. The average molecular weight is 262 g/mol. The van der Waals surface area contributed by atoms with Crippen molar-refractivity contribution < 1.29 is 9.26 Å². The van der Waals surface area contributed by atoms with Crippen molar-refractivity contribution in [3.05, 3.63) is 29.7 Å². The number of hydrogen-bond donors (Lipinski definition) is 0. The molecule has 2 aromatic rings. The fourth-order valence-electron chi connectivity index (χ4n) is 2.38. The Hall–Kier alpha value is -1.69. The van der Waals surface area contributed by atoms with E-state index in [4.69, 9.17) is 9.26 Å². The molecule has 0 N–H and O–H groups in total. The third-order valence-electron chi connectivity index (χ3n) is 3.57. The van der Waals surface area contributed by atoms with Crippen LogP contribution in [0.3, 0.4) is 0 Å². The maximum Gasteiger partial charge on any atom is 0.251 e. The molecule has 0 aliphatic carbocycles. The van der Waals surface area contributed by atoms with Crippen LogP contribution in [-0.2, 0) is 4.74 Å². The second-order valence-corrected chi connectivity index (χ2v) is 4.96. The lowest BCUT2D eigenvalue weighted by atomic mass is 9.97. The molecule has 2 aromatic heterocycles. The molecule has 1 fully saturated rings. The van der Waals surface area contributed by atoms with Crippen LogP contribution < -0.4 is 0 Å². The predicted molar refractivity (Wildman–Crippen MR) is 67.9 cm³/mol. The Morgan fingerprint density at radius 3 is 2.84 bits per heavy atom. The summed E-state index contributed by atoms with van der Waals surface area (Å²) in [5.74, 6) is 1.75. The molecule has 6 heteroatoms. The highest BCUT2D eigenvalue weighted by molar-refractivity contribution is 5.08. The molecule has 3 heterocycles. The first-order valence-electron chi connectivity index (χ1n) is 6.67. The van der Waals surface area contributed by atoms with E-state index in [1.54, 1.807) is 0 Å². The molecule has 102 valence electrons. The van der Waals surface area contributed by atoms with Crippen molar-refractivity contribution in [3.8, 4) is 0 Å². The van der Waals surface area contributed by atoms with Gasteiger partial charge in [0.2, 0.25) is 0 Å². The maximum absolute atomic E-state index is 5.38. The van der Waals surface area contributed by atoms with Crippen molar-refractivity contribution in [3.63, 3.8) is 0 Å². The molecule has 19 heavy (non-hydrogen) atoms. The summed E-state index contributed by atoms with van der Waals surface area (Å²) in [6.07, 6.45) is 4.07. The van der Waals surface area contributed by atoms with Gasteiger partial charge in [-0.05, 0) is 32.8 Å². The molecule has 0 saturated carbocycles. The quantitative estimate of drug-likeness (QED) is 0.847. The highest BCUT2D eigenvalue weighted by atomic mass is 16.5. The highest BCUT2D eigenvalue weighted by Gasteiger charge is 2.21. The smallest absolute Gasteiger partial charge is 0.251 e. The first kappa shape index (κ1) is 12.3. The van der Waals surface area contributed by atoms with Crippen LogP contribution in [0.15, 0.2) is 16.8 Å². The van der Waals surface area contributed by atoms with E-state index >= 15 is 0 Å². The molecule has 1 atom stereocenters. The second kappa shape index (κ2) is 5.13. The largest absolute Gasteiger partial charge is 0.381 e. The van der Waals surface area contributed by atoms with Crippen LogP contribution in [-0.4, -0.2) is 33.1 Å². The van der Waals surface area contributed by atoms with E-state index in [9.17, 15) is 0 Å². The third kappa shape index (κ3) is 2.53. The molecular weight excluding hydrogens is 244 g/mol. The van der Waals surface area contributed by atoms with Gasteiger partial charge in [-0.3, -0.25) is 4.68 Å². The number of aromatic nitrogens is 4. The molecule has 0 amide bonds. The van der Waals surface area contributed by atoms with E-state index in [1.165, 1.54) is 0 Å². The van der Waals surface area contributed by atoms with E-state index in [0.29, 0.717) is 17.6 Å². The van der Waals surface area contributed by atoms with E-state index in [0.717, 1.165) is 31.7 Å². The minimum Gasteiger partial charge on any atom is -0.381 e. The van der Waals surface area contributed by atoms with Gasteiger partial charge in [0.15, 0.2) is 5.82 Å². The van der Waals surface area contributed by atoms with Crippen LogP contribution in [0, 0.1) is 6.92 Å². The summed E-state index contributed by atoms with van der Waals surface area (Å²) < 4.78 is 12.5. The zero-order valence-corrected chi connectivity index (χ0v) is 11.2. The van der Waals surface area contributed by atoms with Gasteiger partial charge < -0.3 is 9.26 Å². The van der Waals surface area contributed by atoms with Crippen LogP contribution in [0.1, 0.15) is 49.1 Å². The summed E-state index contributed by atoms with van der Waals surface area (Å²) in [6.45, 7) is 5.48. The summed E-state index contributed by atoms with van der Waals surface area (Å²) in [5.41, 5.74) is 1.13. The Balaban J connectivity index is 1.76. The van der Waals surface area contributed by atoms with Crippen LogP contribution in [0.5, 0.6) is 0 Å². The van der Waals surface area contributed by atoms with E-state index in [2.05, 4.69) is 21.3 Å². The third-order valence-corrected chi connectivity index (χ3v) is 3.57. The molecule has 3 rings (SSSR count). The number of rotatable bonds is 3. The van der Waals surface area contributed by atoms with Gasteiger partial charge in [0, 0.05) is 25.3 Å². The lowest BCUT2D eigenvalue weighted by Crippen LogP contribution is -2.15. The summed E-state index contributed by atoms with van der Waals surface area (Å²) in [7, 11) is 0. The summed E-state index contributed by atoms with van der Waals surface area (Å²) >= 11 is 0. The lowest BCUT2D eigenvalue weighted by molar-refractivity contribution is 0.0843. The van der Waals surface area contributed by atoms with Gasteiger partial charge in [-0.1, -0.05) is 5.16 Å². The molecule has 0 spiro atoms. The monoisotopic (exact) mass is 262 g/mol. The molecule has 1 aliphatic heterocycles. The van der Waals surface area contributed by atoms with Gasteiger partial charge in [-0.2, -0.15) is 10.1 Å². The van der Waals surface area contributed by atoms with Gasteiger partial charge in [-0.25, -0.2) is 0 Å². The van der Waals surface area contributed by atoms with Crippen molar-refractivity contribution in [2.45, 2.75) is 38.6 Å². The standard InChI is InChI=1S/C13H18N4O2/c1-9(13-14-10(2)16-19-13)17-6-3-12(15-17)11-4-7-18-8-5-11/h3,6,9,11H,4-5,7-8H2,1-2H3. The molecule has 1 aliphatic rings. The summed E-state index contributed by atoms with van der Waals surface area (Å²) in [5, 5.41) is 8.47. The molecule has 0 radical (unpaired) electrons. The minimum absolute atomic E-state index is 0.0326. The highest BCUT2D eigenvalue weighted by Crippen LogP contribution is 2.26. The Labute approximate surface area is 111 Å². The molecule has 1 saturated heterocycles. The first-order valence-corrected chi connectivity index (χ1v) is 6.67. The van der Waals surface area contributed by atoms with Crippen molar-refractivity contribution >= 4 is 0 Å². The maximum atomic E-state index is 5.38. The number of aryl methyl sites for hydroxylation is 1. The molecule has 0 aromatic carbocycles. The van der Waals surface area contributed by atoms with Crippen LogP contribution in [0.2, 0.25) is 0 Å². The van der Waals surface area contributed by atoms with Crippen molar-refractivity contribution in [2.75, 3.05) is 13.2 Å². The first-order chi connectivity index (χ1) is 9.24. The number of ether oxygens (including phenoxy) is 1. The molecular formula is C13H18N4O2. The fourth-order valence-corrected chi connectivity index (χ4v) is 2.38. The van der Waals surface area contributed by atoms with Gasteiger partial charge in [0.05, 0.1) is 5.69 Å². The van der Waals surface area contributed by atoms with Crippen molar-refractivity contribution in [1.29, 1.82) is 0 Å². The number of nitrogens with zero attached hydrogens (tertiary/aromatic N) is 4.